The Labute approximate surface area is 207 Å². The molecule has 4 rings (SSSR count). The average molecular weight is 508 g/mol. The van der Waals surface area contributed by atoms with Gasteiger partial charge in [0.25, 0.3) is 5.91 Å². The average Bonchev–Trinajstić information content (AvgIpc) is 3.16. The lowest BCUT2D eigenvalue weighted by atomic mass is 10.0. The molecule has 2 aliphatic rings. The van der Waals surface area contributed by atoms with E-state index in [4.69, 9.17) is 28.9 Å². The number of phenols is 1. The first kappa shape index (κ1) is 24.4. The number of carbonyl (C=O) groups excluding carboxylic acids is 2. The van der Waals surface area contributed by atoms with Gasteiger partial charge < -0.3 is 36.4 Å². The highest BCUT2D eigenvalue weighted by Gasteiger charge is 2.35. The number of phenolic OH excluding ortho intramolecular Hbond substituents is 1. The molecule has 2 heterocycles. The maximum Gasteiger partial charge on any atom is 0.316 e. The third-order valence-corrected chi connectivity index (χ3v) is 6.83. The lowest BCUT2D eigenvalue weighted by Gasteiger charge is -2.34. The van der Waals surface area contributed by atoms with Gasteiger partial charge in [0.2, 0.25) is 0 Å². The second-order valence-corrected chi connectivity index (χ2v) is 9.47. The number of piperidine rings is 1. The van der Waals surface area contributed by atoms with Gasteiger partial charge >= 0.3 is 6.03 Å². The van der Waals surface area contributed by atoms with Gasteiger partial charge in [-0.3, -0.25) is 4.79 Å². The van der Waals surface area contributed by atoms with Gasteiger partial charge in [0.15, 0.2) is 0 Å². The Bertz CT molecular complexity index is 1060. The SMILES string of the molecule is NC(=O)Nc1cc(Cl)c(O)cc1N1CC(NC2CCN(C(=O)c3ccc(Cl)cc3)CC2)[C@H](O)C1. The number of nitrogens with zero attached hydrogens (tertiary/aromatic N) is 2. The van der Waals surface area contributed by atoms with Crippen LogP contribution in [-0.2, 0) is 0 Å². The van der Waals surface area contributed by atoms with Gasteiger partial charge in [0.1, 0.15) is 5.75 Å². The fourth-order valence-corrected chi connectivity index (χ4v) is 4.81. The highest BCUT2D eigenvalue weighted by Crippen LogP contribution is 2.37. The van der Waals surface area contributed by atoms with Crippen molar-refractivity contribution in [3.8, 4) is 5.75 Å². The van der Waals surface area contributed by atoms with E-state index in [1.165, 1.54) is 12.1 Å². The van der Waals surface area contributed by atoms with Gasteiger partial charge in [-0.05, 0) is 43.2 Å². The molecule has 1 unspecified atom stereocenters. The number of anilines is 2. The summed E-state index contributed by atoms with van der Waals surface area (Å²) in [6, 6.07) is 8.93. The highest BCUT2D eigenvalue weighted by atomic mass is 35.5. The number of rotatable bonds is 5. The number of nitrogens with two attached hydrogens (primary N) is 1. The summed E-state index contributed by atoms with van der Waals surface area (Å²) in [5.41, 5.74) is 6.76. The van der Waals surface area contributed by atoms with E-state index in [1.54, 1.807) is 24.3 Å². The molecular weight excluding hydrogens is 481 g/mol. The normalized spacial score (nSPS) is 21.0. The topological polar surface area (TPSA) is 131 Å². The van der Waals surface area contributed by atoms with E-state index in [0.717, 1.165) is 12.8 Å². The monoisotopic (exact) mass is 507 g/mol. The second kappa shape index (κ2) is 10.3. The fourth-order valence-electron chi connectivity index (χ4n) is 4.52. The molecule has 3 amide bonds. The van der Waals surface area contributed by atoms with E-state index in [2.05, 4.69) is 10.6 Å². The first-order valence-corrected chi connectivity index (χ1v) is 11.8. The quantitative estimate of drug-likeness (QED) is 0.395. The van der Waals surface area contributed by atoms with Crippen LogP contribution in [0.4, 0.5) is 16.2 Å². The smallest absolute Gasteiger partial charge is 0.316 e. The number of hydrogen-bond acceptors (Lipinski definition) is 6. The van der Waals surface area contributed by atoms with Crippen molar-refractivity contribution in [3.63, 3.8) is 0 Å². The van der Waals surface area contributed by atoms with Crippen LogP contribution in [0.1, 0.15) is 23.2 Å². The Balaban J connectivity index is 1.36. The van der Waals surface area contributed by atoms with Gasteiger partial charge in [-0.1, -0.05) is 23.2 Å². The van der Waals surface area contributed by atoms with Crippen LogP contribution in [0.2, 0.25) is 10.0 Å². The molecular formula is C23H27Cl2N5O4. The van der Waals surface area contributed by atoms with E-state index in [1.807, 2.05) is 9.80 Å². The molecule has 0 saturated carbocycles. The summed E-state index contributed by atoms with van der Waals surface area (Å²) in [6.45, 7) is 1.99. The first-order valence-electron chi connectivity index (χ1n) is 11.0. The number of β-amino-alcohol motifs (C(OH)–C–C–N with tert-alkyl or cyclic N) is 1. The number of primary amides is 1. The first-order chi connectivity index (χ1) is 16.2. The minimum Gasteiger partial charge on any atom is -0.506 e. The number of likely N-dealkylation sites (tertiary alicyclic amines) is 1. The van der Waals surface area contributed by atoms with Crippen LogP contribution in [0.3, 0.4) is 0 Å². The summed E-state index contributed by atoms with van der Waals surface area (Å²) in [5.74, 6) is -0.144. The molecule has 2 atom stereocenters. The number of aliphatic hydroxyl groups is 1. The number of hydrogen-bond donors (Lipinski definition) is 5. The number of aromatic hydroxyl groups is 1. The molecule has 9 nitrogen and oxygen atoms in total. The summed E-state index contributed by atoms with van der Waals surface area (Å²) in [4.78, 5) is 27.8. The fraction of sp³-hybridized carbons (Fsp3) is 0.391. The van der Waals surface area contributed by atoms with Gasteiger partial charge in [0.05, 0.1) is 28.5 Å². The van der Waals surface area contributed by atoms with Crippen molar-refractivity contribution >= 4 is 46.5 Å². The molecule has 0 radical (unpaired) electrons. The molecule has 0 bridgehead atoms. The molecule has 2 aromatic carbocycles. The molecule has 34 heavy (non-hydrogen) atoms. The summed E-state index contributed by atoms with van der Waals surface area (Å²) in [7, 11) is 0. The van der Waals surface area contributed by atoms with E-state index in [0.29, 0.717) is 48.1 Å². The second-order valence-electron chi connectivity index (χ2n) is 8.63. The number of nitrogens with one attached hydrogen (secondary N) is 2. The highest BCUT2D eigenvalue weighted by molar-refractivity contribution is 6.32. The Morgan fingerprint density at radius 3 is 2.38 bits per heavy atom. The Hall–Kier alpha value is -2.72. The largest absolute Gasteiger partial charge is 0.506 e. The number of urea groups is 1. The molecule has 2 saturated heterocycles. The molecule has 2 aromatic rings. The zero-order valence-corrected chi connectivity index (χ0v) is 19.9. The molecule has 182 valence electrons. The van der Waals surface area contributed by atoms with Gasteiger partial charge in [-0.15, -0.1) is 0 Å². The predicted molar refractivity (Wildman–Crippen MR) is 132 cm³/mol. The summed E-state index contributed by atoms with van der Waals surface area (Å²) in [5, 5.41) is 27.4. The van der Waals surface area contributed by atoms with Crippen molar-refractivity contribution in [2.24, 2.45) is 5.73 Å². The zero-order valence-electron chi connectivity index (χ0n) is 18.4. The molecule has 0 aliphatic carbocycles. The standard InChI is InChI=1S/C23H27Cl2N5O4/c24-14-3-1-13(2-4-14)22(33)29-7-5-15(6-8-29)27-18-11-30(12-21(18)32)19-10-20(31)16(25)9-17(19)28-23(26)34/h1-4,9-10,15,18,21,27,31-32H,5-8,11-12H2,(H3,26,28,34)/t18?,21-/m1/s1. The Kier molecular flexibility index (Phi) is 7.37. The third kappa shape index (κ3) is 5.50. The van der Waals surface area contributed by atoms with Crippen molar-refractivity contribution < 1.29 is 19.8 Å². The van der Waals surface area contributed by atoms with Crippen LogP contribution in [0.5, 0.6) is 5.75 Å². The van der Waals surface area contributed by atoms with Gasteiger partial charge in [-0.25, -0.2) is 4.79 Å². The van der Waals surface area contributed by atoms with Gasteiger partial charge in [-0.2, -0.15) is 0 Å². The summed E-state index contributed by atoms with van der Waals surface area (Å²) in [6.07, 6.45) is 0.866. The lowest BCUT2D eigenvalue weighted by molar-refractivity contribution is 0.0691. The van der Waals surface area contributed by atoms with Crippen molar-refractivity contribution in [2.45, 2.75) is 31.0 Å². The van der Waals surface area contributed by atoms with E-state index in [-0.39, 0.29) is 28.8 Å². The third-order valence-electron chi connectivity index (χ3n) is 6.28. The van der Waals surface area contributed by atoms with E-state index >= 15 is 0 Å². The Morgan fingerprint density at radius 2 is 1.74 bits per heavy atom. The predicted octanol–water partition coefficient (Wildman–Crippen LogP) is 2.63. The zero-order chi connectivity index (χ0) is 24.4. The minimum absolute atomic E-state index is 0.0146. The van der Waals surface area contributed by atoms with Crippen molar-refractivity contribution in [2.75, 3.05) is 36.4 Å². The maximum atomic E-state index is 12.7. The van der Waals surface area contributed by atoms with Crippen LogP contribution in [0.25, 0.3) is 0 Å². The number of aliphatic hydroxyl groups excluding tert-OH is 1. The number of amides is 3. The van der Waals surface area contributed by atoms with E-state index < -0.39 is 12.1 Å². The lowest BCUT2D eigenvalue weighted by Crippen LogP contribution is -2.50. The number of carbonyl (C=O) groups is 2. The van der Waals surface area contributed by atoms with Crippen LogP contribution in [-0.4, -0.2) is 71.4 Å². The molecule has 2 fully saturated rings. The van der Waals surface area contributed by atoms with Crippen LogP contribution in [0, 0.1) is 0 Å². The summed E-state index contributed by atoms with van der Waals surface area (Å²) >= 11 is 11.9. The molecule has 6 N–H and O–H groups in total. The molecule has 2 aliphatic heterocycles. The summed E-state index contributed by atoms with van der Waals surface area (Å²) < 4.78 is 0. The minimum atomic E-state index is -0.752. The number of benzene rings is 2. The number of halogens is 2. The van der Waals surface area contributed by atoms with Gasteiger partial charge in [0, 0.05) is 48.9 Å². The van der Waals surface area contributed by atoms with Crippen LogP contribution in [0.15, 0.2) is 36.4 Å². The van der Waals surface area contributed by atoms with Crippen molar-refractivity contribution in [1.82, 2.24) is 10.2 Å². The van der Waals surface area contributed by atoms with E-state index in [9.17, 15) is 19.8 Å². The Morgan fingerprint density at radius 1 is 1.06 bits per heavy atom. The molecule has 0 aromatic heterocycles. The molecule has 0 spiro atoms. The van der Waals surface area contributed by atoms with Crippen molar-refractivity contribution in [3.05, 3.63) is 52.0 Å². The molecule has 11 heteroatoms. The van der Waals surface area contributed by atoms with Crippen LogP contribution < -0.4 is 21.3 Å². The maximum absolute atomic E-state index is 12.7. The van der Waals surface area contributed by atoms with Crippen molar-refractivity contribution in [1.29, 1.82) is 0 Å². The van der Waals surface area contributed by atoms with Crippen LogP contribution >= 0.6 is 23.2 Å².